The van der Waals surface area contributed by atoms with Gasteiger partial charge >= 0.3 is 17.9 Å². The molecular formula is C28H37N9O6. The number of aliphatic imine (C=N–C) groups is 2. The van der Waals surface area contributed by atoms with Gasteiger partial charge in [0, 0.05) is 0 Å². The maximum atomic E-state index is 10.6. The van der Waals surface area contributed by atoms with Gasteiger partial charge in [-0.15, -0.1) is 0 Å². The second kappa shape index (κ2) is 18.0. The van der Waals surface area contributed by atoms with Crippen LogP contribution in [0.1, 0.15) is 22.7 Å². The standard InChI is InChI=1S/2C10H14N4O2.C8H9NO2/c11-8(9(15)16)5-6-1-3-7(4-2-6)14-10(12)13;11-8(9(15)16)5-6-2-1-3-7(4-6)14-10(12)13;9-7(8(10)11)6-4-2-1-3-5-6/h2*1-4,8H,5,11H2,(H,15,16)(H4,12,13,14);1-5,7H,9H2,(H,10,11)/t2*8-;7-/m000/s1. The van der Waals surface area contributed by atoms with Crippen LogP contribution in [-0.4, -0.2) is 57.2 Å². The summed E-state index contributed by atoms with van der Waals surface area (Å²) in [7, 11) is 0. The van der Waals surface area contributed by atoms with Crippen LogP contribution in [0.5, 0.6) is 0 Å². The zero-order chi connectivity index (χ0) is 32.5. The molecule has 0 unspecified atom stereocenters. The molecule has 0 bridgehead atoms. The molecular weight excluding hydrogens is 558 g/mol. The fourth-order valence-electron chi connectivity index (χ4n) is 3.24. The summed E-state index contributed by atoms with van der Waals surface area (Å²) >= 11 is 0. The van der Waals surface area contributed by atoms with Crippen molar-refractivity contribution in [3.63, 3.8) is 0 Å². The van der Waals surface area contributed by atoms with Gasteiger partial charge in [0.15, 0.2) is 11.9 Å². The average Bonchev–Trinajstić information content (AvgIpc) is 2.94. The molecule has 3 aromatic carbocycles. The fraction of sp³-hybridized carbons (Fsp3) is 0.179. The van der Waals surface area contributed by atoms with Crippen LogP contribution < -0.4 is 40.1 Å². The number of nitrogens with zero attached hydrogens (tertiary/aromatic N) is 2. The average molecular weight is 596 g/mol. The topological polar surface area (TPSA) is 319 Å². The predicted molar refractivity (Wildman–Crippen MR) is 163 cm³/mol. The van der Waals surface area contributed by atoms with Crippen molar-refractivity contribution >= 4 is 41.2 Å². The summed E-state index contributed by atoms with van der Waals surface area (Å²) < 4.78 is 0. The van der Waals surface area contributed by atoms with Crippen molar-refractivity contribution < 1.29 is 29.7 Å². The lowest BCUT2D eigenvalue weighted by Crippen LogP contribution is -2.32. The Bertz CT molecular complexity index is 1390. The third-order valence-corrected chi connectivity index (χ3v) is 5.33. The van der Waals surface area contributed by atoms with Crippen LogP contribution in [0.2, 0.25) is 0 Å². The maximum Gasteiger partial charge on any atom is 0.325 e. The second-order valence-electron chi connectivity index (χ2n) is 8.93. The lowest BCUT2D eigenvalue weighted by atomic mass is 10.1. The minimum absolute atomic E-state index is 0.0185. The first-order chi connectivity index (χ1) is 20.2. The lowest BCUT2D eigenvalue weighted by Gasteiger charge is -2.06. The van der Waals surface area contributed by atoms with Gasteiger partial charge in [0.1, 0.15) is 18.1 Å². The van der Waals surface area contributed by atoms with Crippen LogP contribution in [-0.2, 0) is 27.2 Å². The molecule has 0 spiro atoms. The highest BCUT2D eigenvalue weighted by Crippen LogP contribution is 2.15. The van der Waals surface area contributed by atoms with Crippen molar-refractivity contribution in [3.05, 3.63) is 95.6 Å². The first-order valence-corrected chi connectivity index (χ1v) is 12.6. The molecule has 0 aliphatic carbocycles. The molecule has 0 saturated carbocycles. The van der Waals surface area contributed by atoms with Crippen LogP contribution >= 0.6 is 0 Å². The lowest BCUT2D eigenvalue weighted by molar-refractivity contribution is -0.139. The number of carboxylic acids is 3. The van der Waals surface area contributed by atoms with Crippen molar-refractivity contribution in [2.45, 2.75) is 31.0 Å². The number of guanidine groups is 2. The molecule has 0 radical (unpaired) electrons. The molecule has 0 heterocycles. The van der Waals surface area contributed by atoms with Crippen LogP contribution in [0.3, 0.4) is 0 Å². The van der Waals surface area contributed by atoms with Crippen LogP contribution in [0.4, 0.5) is 11.4 Å². The summed E-state index contributed by atoms with van der Waals surface area (Å²) in [5.41, 5.74) is 40.5. The predicted octanol–water partition coefficient (Wildman–Crippen LogP) is -0.137. The Balaban J connectivity index is 0.000000329. The first-order valence-electron chi connectivity index (χ1n) is 12.6. The number of rotatable bonds is 10. The summed E-state index contributed by atoms with van der Waals surface area (Å²) in [4.78, 5) is 39.2. The highest BCUT2D eigenvalue weighted by molar-refractivity contribution is 5.79. The molecule has 0 saturated heterocycles. The van der Waals surface area contributed by atoms with Gasteiger partial charge in [-0.25, -0.2) is 9.98 Å². The normalized spacial score (nSPS) is 12.0. The highest BCUT2D eigenvalue weighted by atomic mass is 16.4. The van der Waals surface area contributed by atoms with Gasteiger partial charge < -0.3 is 55.5 Å². The van der Waals surface area contributed by atoms with E-state index in [0.29, 0.717) is 16.9 Å². The Morgan fingerprint density at radius 1 is 0.581 bits per heavy atom. The molecule has 3 rings (SSSR count). The van der Waals surface area contributed by atoms with Gasteiger partial charge in [-0.2, -0.15) is 0 Å². The van der Waals surface area contributed by atoms with Crippen molar-refractivity contribution in [3.8, 4) is 0 Å². The molecule has 230 valence electrons. The largest absolute Gasteiger partial charge is 0.480 e. The van der Waals surface area contributed by atoms with Gasteiger partial charge in [0.25, 0.3) is 0 Å². The highest BCUT2D eigenvalue weighted by Gasteiger charge is 2.13. The Labute approximate surface area is 247 Å². The zero-order valence-corrected chi connectivity index (χ0v) is 23.2. The van der Waals surface area contributed by atoms with Gasteiger partial charge in [0.05, 0.1) is 11.4 Å². The molecule has 15 nitrogen and oxygen atoms in total. The Morgan fingerprint density at radius 3 is 1.53 bits per heavy atom. The zero-order valence-electron chi connectivity index (χ0n) is 23.2. The van der Waals surface area contributed by atoms with E-state index in [0.717, 1.165) is 11.1 Å². The molecule has 43 heavy (non-hydrogen) atoms. The SMILES string of the molecule is NC(N)=Nc1ccc(C[C@H](N)C(=O)O)cc1.NC(N)=Nc1cccc(C[C@H](N)C(=O)O)c1.N[C@H](C(=O)O)c1ccccc1. The molecule has 0 aromatic heterocycles. The molecule has 3 aromatic rings. The van der Waals surface area contributed by atoms with Gasteiger partial charge in [0.2, 0.25) is 0 Å². The Morgan fingerprint density at radius 2 is 1.07 bits per heavy atom. The maximum absolute atomic E-state index is 10.6. The number of carbonyl (C=O) groups is 3. The molecule has 17 N–H and O–H groups in total. The summed E-state index contributed by atoms with van der Waals surface area (Å²) in [6.07, 6.45) is 0.514. The minimum Gasteiger partial charge on any atom is -0.480 e. The summed E-state index contributed by atoms with van der Waals surface area (Å²) in [5.74, 6) is -3.12. The Kier molecular flexibility index (Phi) is 14.9. The van der Waals surface area contributed by atoms with E-state index in [2.05, 4.69) is 9.98 Å². The summed E-state index contributed by atoms with van der Waals surface area (Å²) in [6, 6.07) is 19.8. The van der Waals surface area contributed by atoms with Crippen molar-refractivity contribution in [1.82, 2.24) is 0 Å². The van der Waals surface area contributed by atoms with E-state index in [-0.39, 0.29) is 24.8 Å². The van der Waals surface area contributed by atoms with Crippen LogP contribution in [0, 0.1) is 0 Å². The van der Waals surface area contributed by atoms with Gasteiger partial charge in [-0.1, -0.05) is 54.6 Å². The number of benzene rings is 3. The molecule has 0 amide bonds. The number of nitrogens with two attached hydrogens (primary N) is 7. The third-order valence-electron chi connectivity index (χ3n) is 5.33. The number of hydrogen-bond donors (Lipinski definition) is 10. The summed E-state index contributed by atoms with van der Waals surface area (Å²) in [5, 5.41) is 25.8. The second-order valence-corrected chi connectivity index (χ2v) is 8.93. The fourth-order valence-corrected chi connectivity index (χ4v) is 3.24. The van der Waals surface area contributed by atoms with Gasteiger partial charge in [-0.05, 0) is 53.8 Å². The quantitative estimate of drug-likeness (QED) is 0.108. The smallest absolute Gasteiger partial charge is 0.325 e. The van der Waals surface area contributed by atoms with Crippen molar-refractivity contribution in [2.75, 3.05) is 0 Å². The molecule has 0 aliphatic heterocycles. The molecule has 15 heteroatoms. The third kappa shape index (κ3) is 14.6. The number of aliphatic carboxylic acids is 3. The van der Waals surface area contributed by atoms with E-state index in [1.165, 1.54) is 0 Å². The van der Waals surface area contributed by atoms with Crippen LogP contribution in [0.15, 0.2) is 88.8 Å². The monoisotopic (exact) mass is 595 g/mol. The van der Waals surface area contributed by atoms with E-state index >= 15 is 0 Å². The van der Waals surface area contributed by atoms with E-state index < -0.39 is 36.0 Å². The summed E-state index contributed by atoms with van der Waals surface area (Å²) in [6.45, 7) is 0. The number of hydrogen-bond acceptors (Lipinski definition) is 8. The van der Waals surface area contributed by atoms with Crippen LogP contribution in [0.25, 0.3) is 0 Å². The molecule has 0 fully saturated rings. The van der Waals surface area contributed by atoms with E-state index in [4.69, 9.17) is 55.5 Å². The molecule has 3 atom stereocenters. The Hall–Kier alpha value is -5.51. The van der Waals surface area contributed by atoms with Crippen molar-refractivity contribution in [1.29, 1.82) is 0 Å². The number of carboxylic acid groups (broad SMARTS) is 3. The van der Waals surface area contributed by atoms with E-state index in [9.17, 15) is 14.4 Å². The molecule has 0 aliphatic rings. The van der Waals surface area contributed by atoms with Gasteiger partial charge in [-0.3, -0.25) is 14.4 Å². The van der Waals surface area contributed by atoms with E-state index in [1.54, 1.807) is 72.8 Å². The minimum atomic E-state index is -1.03. The van der Waals surface area contributed by atoms with Crippen molar-refractivity contribution in [2.24, 2.45) is 50.1 Å². The first kappa shape index (κ1) is 35.5. The van der Waals surface area contributed by atoms with E-state index in [1.807, 2.05) is 6.07 Å².